The van der Waals surface area contributed by atoms with Gasteiger partial charge in [-0.25, -0.2) is 0 Å². The van der Waals surface area contributed by atoms with Crippen LogP contribution >= 0.6 is 11.6 Å². The molecule has 0 saturated carbocycles. The van der Waals surface area contributed by atoms with E-state index in [-0.39, 0.29) is 11.8 Å². The van der Waals surface area contributed by atoms with E-state index in [0.717, 1.165) is 31.0 Å². The molecule has 2 N–H and O–H groups in total. The first kappa shape index (κ1) is 13.4. The van der Waals surface area contributed by atoms with Gasteiger partial charge in [-0.1, -0.05) is 23.7 Å². The Balaban J connectivity index is 1.99. The van der Waals surface area contributed by atoms with Crippen molar-refractivity contribution < 1.29 is 4.79 Å². The summed E-state index contributed by atoms with van der Waals surface area (Å²) < 4.78 is 0. The van der Waals surface area contributed by atoms with Crippen LogP contribution in [0.25, 0.3) is 0 Å². The van der Waals surface area contributed by atoms with Crippen molar-refractivity contribution in [3.05, 3.63) is 34.9 Å². The number of hydrogen-bond donors (Lipinski definition) is 1. The van der Waals surface area contributed by atoms with Crippen LogP contribution in [0.3, 0.4) is 0 Å². The second kappa shape index (κ2) is 5.72. The Morgan fingerprint density at radius 2 is 2.11 bits per heavy atom. The van der Waals surface area contributed by atoms with Crippen LogP contribution in [0.2, 0.25) is 5.02 Å². The molecule has 1 fully saturated rings. The molecule has 0 aromatic heterocycles. The number of nitrogens with two attached hydrogens (primary N) is 1. The first-order valence-electron chi connectivity index (χ1n) is 6.37. The van der Waals surface area contributed by atoms with Crippen molar-refractivity contribution >= 4 is 17.5 Å². The van der Waals surface area contributed by atoms with Gasteiger partial charge in [0.15, 0.2) is 0 Å². The molecule has 1 saturated heterocycles. The van der Waals surface area contributed by atoms with Crippen molar-refractivity contribution in [3.8, 4) is 0 Å². The lowest BCUT2D eigenvalue weighted by Gasteiger charge is -2.35. The maximum Gasteiger partial charge on any atom is 0.220 e. The number of piperidine rings is 1. The number of benzene rings is 1. The molecular formula is C14H19ClN2O. The molecule has 1 heterocycles. The van der Waals surface area contributed by atoms with Gasteiger partial charge >= 0.3 is 0 Å². The highest BCUT2D eigenvalue weighted by Gasteiger charge is 2.26. The molecule has 1 aromatic carbocycles. The molecule has 0 bridgehead atoms. The van der Waals surface area contributed by atoms with Gasteiger partial charge < -0.3 is 5.73 Å². The maximum atomic E-state index is 11.1. The molecule has 0 unspecified atom stereocenters. The number of carbonyl (C=O) groups excluding carboxylic acids is 1. The summed E-state index contributed by atoms with van der Waals surface area (Å²) >= 11 is 6.01. The molecule has 98 valence electrons. The van der Waals surface area contributed by atoms with Gasteiger partial charge in [0.25, 0.3) is 0 Å². The Labute approximate surface area is 113 Å². The topological polar surface area (TPSA) is 46.3 Å². The van der Waals surface area contributed by atoms with Gasteiger partial charge in [0.2, 0.25) is 5.91 Å². The van der Waals surface area contributed by atoms with Gasteiger partial charge in [-0.15, -0.1) is 0 Å². The molecule has 1 aliphatic rings. The van der Waals surface area contributed by atoms with Gasteiger partial charge in [0.1, 0.15) is 0 Å². The monoisotopic (exact) mass is 266 g/mol. The zero-order valence-corrected chi connectivity index (χ0v) is 11.4. The van der Waals surface area contributed by atoms with Crippen LogP contribution in [0.5, 0.6) is 0 Å². The Bertz CT molecular complexity index is 428. The average Bonchev–Trinajstić information content (AvgIpc) is 2.38. The van der Waals surface area contributed by atoms with Crippen molar-refractivity contribution in [2.45, 2.75) is 25.8 Å². The zero-order valence-electron chi connectivity index (χ0n) is 10.6. The van der Waals surface area contributed by atoms with E-state index in [1.54, 1.807) is 0 Å². The Morgan fingerprint density at radius 3 is 2.67 bits per heavy atom. The summed E-state index contributed by atoms with van der Waals surface area (Å²) in [5.74, 6) is -0.113. The van der Waals surface area contributed by atoms with E-state index in [1.807, 2.05) is 18.2 Å². The third-order valence-electron chi connectivity index (χ3n) is 3.81. The molecular weight excluding hydrogens is 248 g/mol. The summed E-state index contributed by atoms with van der Waals surface area (Å²) in [4.78, 5) is 13.5. The molecule has 3 nitrogen and oxygen atoms in total. The normalized spacial score (nSPS) is 19.7. The van der Waals surface area contributed by atoms with Crippen LogP contribution in [-0.2, 0) is 4.79 Å². The summed E-state index contributed by atoms with van der Waals surface area (Å²) in [5, 5.41) is 0.770. The van der Waals surface area contributed by atoms with E-state index in [1.165, 1.54) is 5.56 Å². The fourth-order valence-electron chi connectivity index (χ4n) is 2.55. The van der Waals surface area contributed by atoms with Gasteiger partial charge in [0, 0.05) is 17.0 Å². The molecule has 2 rings (SSSR count). The van der Waals surface area contributed by atoms with E-state index in [2.05, 4.69) is 17.9 Å². The fourth-order valence-corrected chi connectivity index (χ4v) is 2.75. The van der Waals surface area contributed by atoms with Crippen LogP contribution in [0, 0.1) is 5.92 Å². The number of primary amides is 1. The van der Waals surface area contributed by atoms with Crippen molar-refractivity contribution in [2.75, 3.05) is 13.1 Å². The van der Waals surface area contributed by atoms with Gasteiger partial charge in [-0.2, -0.15) is 0 Å². The average molecular weight is 267 g/mol. The number of nitrogens with zero attached hydrogens (tertiary/aromatic N) is 1. The van der Waals surface area contributed by atoms with E-state index in [4.69, 9.17) is 17.3 Å². The fraction of sp³-hybridized carbons (Fsp3) is 0.500. The molecule has 0 spiro atoms. The van der Waals surface area contributed by atoms with Crippen LogP contribution in [0.1, 0.15) is 31.4 Å². The molecule has 18 heavy (non-hydrogen) atoms. The minimum Gasteiger partial charge on any atom is -0.369 e. The summed E-state index contributed by atoms with van der Waals surface area (Å²) in [6, 6.07) is 8.29. The van der Waals surface area contributed by atoms with E-state index >= 15 is 0 Å². The van der Waals surface area contributed by atoms with E-state index < -0.39 is 0 Å². The number of rotatable bonds is 3. The van der Waals surface area contributed by atoms with Crippen LogP contribution in [0.4, 0.5) is 0 Å². The smallest absolute Gasteiger partial charge is 0.220 e. The highest BCUT2D eigenvalue weighted by atomic mass is 35.5. The van der Waals surface area contributed by atoms with Gasteiger partial charge in [-0.05, 0) is 50.6 Å². The van der Waals surface area contributed by atoms with Gasteiger partial charge in [0.05, 0.1) is 0 Å². The number of likely N-dealkylation sites (tertiary alicyclic amines) is 1. The maximum absolute atomic E-state index is 11.1. The first-order chi connectivity index (χ1) is 8.58. The molecule has 0 radical (unpaired) electrons. The van der Waals surface area contributed by atoms with Crippen molar-refractivity contribution in [3.63, 3.8) is 0 Å². The largest absolute Gasteiger partial charge is 0.369 e. The predicted molar refractivity (Wildman–Crippen MR) is 73.4 cm³/mol. The van der Waals surface area contributed by atoms with Crippen molar-refractivity contribution in [1.82, 2.24) is 4.90 Å². The molecule has 1 aromatic rings. The minimum absolute atomic E-state index is 0.0489. The third-order valence-corrected chi connectivity index (χ3v) is 4.05. The van der Waals surface area contributed by atoms with Crippen LogP contribution in [-0.4, -0.2) is 23.9 Å². The lowest BCUT2D eigenvalue weighted by atomic mass is 9.94. The lowest BCUT2D eigenvalue weighted by Crippen LogP contribution is -2.39. The quantitative estimate of drug-likeness (QED) is 0.914. The number of carbonyl (C=O) groups is 1. The minimum atomic E-state index is -0.162. The van der Waals surface area contributed by atoms with E-state index in [0.29, 0.717) is 6.04 Å². The van der Waals surface area contributed by atoms with E-state index in [9.17, 15) is 4.79 Å². The molecule has 1 amide bonds. The van der Waals surface area contributed by atoms with Gasteiger partial charge in [-0.3, -0.25) is 9.69 Å². The van der Waals surface area contributed by atoms with Crippen molar-refractivity contribution in [2.24, 2.45) is 11.7 Å². The van der Waals surface area contributed by atoms with Crippen molar-refractivity contribution in [1.29, 1.82) is 0 Å². The van der Waals surface area contributed by atoms with Crippen LogP contribution < -0.4 is 5.73 Å². The Hall–Kier alpha value is -1.06. The predicted octanol–water partition coefficient (Wildman–Crippen LogP) is 2.60. The number of amides is 1. The molecule has 1 aliphatic heterocycles. The summed E-state index contributed by atoms with van der Waals surface area (Å²) in [7, 11) is 0. The molecule has 4 heteroatoms. The highest BCUT2D eigenvalue weighted by molar-refractivity contribution is 6.30. The standard InChI is InChI=1S/C14H19ClN2O/c1-10(12-3-2-4-13(15)9-12)17-7-5-11(6-8-17)14(16)18/h2-4,9-11H,5-8H2,1H3,(H2,16,18)/t10-/m1/s1. The second-order valence-electron chi connectivity index (χ2n) is 4.94. The Morgan fingerprint density at radius 1 is 1.44 bits per heavy atom. The number of hydrogen-bond acceptors (Lipinski definition) is 2. The lowest BCUT2D eigenvalue weighted by molar-refractivity contribution is -0.123. The summed E-state index contributed by atoms with van der Waals surface area (Å²) in [6.07, 6.45) is 1.72. The SMILES string of the molecule is C[C@H](c1cccc(Cl)c1)N1CCC(C(N)=O)CC1. The van der Waals surface area contributed by atoms with Crippen LogP contribution in [0.15, 0.2) is 24.3 Å². The molecule has 1 atom stereocenters. The second-order valence-corrected chi connectivity index (χ2v) is 5.38. The Kier molecular flexibility index (Phi) is 4.25. The summed E-state index contributed by atoms with van der Waals surface area (Å²) in [5.41, 5.74) is 6.57. The summed E-state index contributed by atoms with van der Waals surface area (Å²) in [6.45, 7) is 4.01. The zero-order chi connectivity index (χ0) is 13.1. The molecule has 0 aliphatic carbocycles. The first-order valence-corrected chi connectivity index (χ1v) is 6.74. The number of halogens is 1. The third kappa shape index (κ3) is 3.03. The highest BCUT2D eigenvalue weighted by Crippen LogP contribution is 2.27.